The van der Waals surface area contributed by atoms with E-state index in [2.05, 4.69) is 27.1 Å². The van der Waals surface area contributed by atoms with Crippen LogP contribution in [0.15, 0.2) is 51.6 Å². The number of nitriles is 1. The number of hydrogen-bond acceptors (Lipinski definition) is 4. The van der Waals surface area contributed by atoms with Gasteiger partial charge in [-0.05, 0) is 30.3 Å². The molecule has 3 rings (SSSR count). The largest absolute Gasteiger partial charge is 0.463 e. The van der Waals surface area contributed by atoms with Gasteiger partial charge in [-0.25, -0.2) is 4.68 Å². The van der Waals surface area contributed by atoms with E-state index in [1.807, 2.05) is 24.3 Å². The number of halogens is 1. The summed E-state index contributed by atoms with van der Waals surface area (Å²) in [6.45, 7) is 1.39. The fraction of sp³-hybridized carbons (Fsp3) is 0.0625. The Morgan fingerprint density at radius 3 is 2.77 bits per heavy atom. The van der Waals surface area contributed by atoms with Crippen LogP contribution in [0.5, 0.6) is 0 Å². The van der Waals surface area contributed by atoms with E-state index >= 15 is 0 Å². The summed E-state index contributed by atoms with van der Waals surface area (Å²) < 4.78 is 7.84. The van der Waals surface area contributed by atoms with Crippen LogP contribution >= 0.6 is 15.9 Å². The van der Waals surface area contributed by atoms with Crippen LogP contribution < -0.4 is 0 Å². The second-order valence-corrected chi connectivity index (χ2v) is 5.52. The first-order valence-electron chi connectivity index (χ1n) is 6.45. The van der Waals surface area contributed by atoms with Crippen LogP contribution in [0.25, 0.3) is 17.1 Å². The summed E-state index contributed by atoms with van der Waals surface area (Å²) in [6.07, 6.45) is 1.52. The second-order valence-electron chi connectivity index (χ2n) is 4.61. The van der Waals surface area contributed by atoms with Gasteiger partial charge in [-0.15, -0.1) is 0 Å². The lowest BCUT2D eigenvalue weighted by atomic mass is 10.1. The van der Waals surface area contributed by atoms with Gasteiger partial charge >= 0.3 is 0 Å². The molecule has 0 saturated carbocycles. The number of Topliss-reactive ketones (excluding diaryl/α,β-unsaturated/α-hetero) is 1. The molecule has 5 nitrogen and oxygen atoms in total. The van der Waals surface area contributed by atoms with Crippen LogP contribution in [-0.2, 0) is 0 Å². The predicted molar refractivity (Wildman–Crippen MR) is 83.7 cm³/mol. The fourth-order valence-electron chi connectivity index (χ4n) is 2.21. The Morgan fingerprint density at radius 2 is 2.18 bits per heavy atom. The van der Waals surface area contributed by atoms with Crippen molar-refractivity contribution in [2.75, 3.05) is 0 Å². The van der Waals surface area contributed by atoms with Crippen LogP contribution in [0.3, 0.4) is 0 Å². The Bertz CT molecular complexity index is 889. The summed E-state index contributed by atoms with van der Waals surface area (Å²) in [5.41, 5.74) is 1.54. The van der Waals surface area contributed by atoms with Crippen molar-refractivity contribution >= 4 is 21.7 Å². The van der Waals surface area contributed by atoms with E-state index in [4.69, 9.17) is 4.42 Å². The summed E-state index contributed by atoms with van der Waals surface area (Å²) in [5.74, 6) is 0.217. The summed E-state index contributed by atoms with van der Waals surface area (Å²) in [7, 11) is 0. The van der Waals surface area contributed by atoms with Crippen molar-refractivity contribution in [3.05, 3.63) is 58.4 Å². The summed E-state index contributed by atoms with van der Waals surface area (Å²) in [6, 6.07) is 13.0. The maximum absolute atomic E-state index is 11.8. The van der Waals surface area contributed by atoms with Gasteiger partial charge in [0.15, 0.2) is 11.5 Å². The van der Waals surface area contributed by atoms with Crippen LogP contribution in [0.2, 0.25) is 0 Å². The van der Waals surface area contributed by atoms with Gasteiger partial charge in [0.05, 0.1) is 12.0 Å². The molecule has 0 aliphatic rings. The summed E-state index contributed by atoms with van der Waals surface area (Å²) in [5, 5.41) is 13.8. The zero-order valence-corrected chi connectivity index (χ0v) is 13.2. The number of ketones is 1. The molecule has 22 heavy (non-hydrogen) atoms. The van der Waals surface area contributed by atoms with Crippen LogP contribution in [0.1, 0.15) is 23.0 Å². The highest BCUT2D eigenvalue weighted by atomic mass is 79.9. The minimum absolute atomic E-state index is 0.133. The molecule has 6 heteroatoms. The van der Waals surface area contributed by atoms with Gasteiger partial charge in [0, 0.05) is 11.4 Å². The van der Waals surface area contributed by atoms with Crippen molar-refractivity contribution in [2.45, 2.75) is 6.92 Å². The van der Waals surface area contributed by atoms with Gasteiger partial charge in [0.2, 0.25) is 0 Å². The zero-order chi connectivity index (χ0) is 15.7. The number of carbonyl (C=O) groups excluding carboxylic acids is 1. The molecule has 0 spiro atoms. The fourth-order valence-corrected chi connectivity index (χ4v) is 2.59. The Hall–Kier alpha value is -2.65. The number of aromatic nitrogens is 2. The Labute approximate surface area is 134 Å². The lowest BCUT2D eigenvalue weighted by molar-refractivity contribution is 0.101. The Morgan fingerprint density at radius 1 is 1.36 bits per heavy atom. The Kier molecular flexibility index (Phi) is 3.65. The maximum atomic E-state index is 11.8. The molecule has 0 radical (unpaired) electrons. The average molecular weight is 356 g/mol. The third-order valence-corrected chi connectivity index (χ3v) is 3.63. The molecule has 2 aromatic heterocycles. The molecule has 2 heterocycles. The molecular formula is C16H10BrN3O2. The lowest BCUT2D eigenvalue weighted by Gasteiger charge is -2.06. The lowest BCUT2D eigenvalue weighted by Crippen LogP contribution is -2.00. The molecule has 0 aliphatic heterocycles. The molecule has 0 saturated heterocycles. The average Bonchev–Trinajstić information content (AvgIpc) is 3.13. The molecule has 0 N–H and O–H groups in total. The zero-order valence-electron chi connectivity index (χ0n) is 11.6. The molecular weight excluding hydrogens is 346 g/mol. The van der Waals surface area contributed by atoms with Crippen LogP contribution in [0.4, 0.5) is 0 Å². The molecule has 0 fully saturated rings. The number of nitrogens with zero attached hydrogens (tertiary/aromatic N) is 3. The molecule has 0 aliphatic carbocycles. The minimum atomic E-state index is -0.266. The first kappa shape index (κ1) is 14.3. The second kappa shape index (κ2) is 5.62. The number of benzene rings is 1. The van der Waals surface area contributed by atoms with Crippen LogP contribution in [-0.4, -0.2) is 15.6 Å². The third-order valence-electron chi connectivity index (χ3n) is 3.14. The molecule has 0 atom stereocenters. The molecule has 0 amide bonds. The molecule has 1 aromatic carbocycles. The highest BCUT2D eigenvalue weighted by Crippen LogP contribution is 2.30. The van der Waals surface area contributed by atoms with Crippen molar-refractivity contribution in [3.63, 3.8) is 0 Å². The van der Waals surface area contributed by atoms with Gasteiger partial charge in [-0.1, -0.05) is 22.0 Å². The van der Waals surface area contributed by atoms with Crippen LogP contribution in [0, 0.1) is 11.3 Å². The van der Waals surface area contributed by atoms with E-state index in [-0.39, 0.29) is 17.0 Å². The highest BCUT2D eigenvalue weighted by molar-refractivity contribution is 9.10. The number of carbonyl (C=O) groups is 1. The number of hydrogen-bond donors (Lipinski definition) is 0. The monoisotopic (exact) mass is 355 g/mol. The SMILES string of the molecule is CC(=O)c1nn(-c2cccc(Br)c2)c(-c2ccco2)c1C#N. The standard InChI is InChI=1S/C16H10BrN3O2/c1-10(21)15-13(9-18)16(14-6-3-7-22-14)20(19-15)12-5-2-4-11(17)8-12/h2-8H,1H3. The van der Waals surface area contributed by atoms with Crippen molar-refractivity contribution in [1.82, 2.24) is 9.78 Å². The van der Waals surface area contributed by atoms with Gasteiger partial charge < -0.3 is 4.42 Å². The van der Waals surface area contributed by atoms with E-state index in [0.717, 1.165) is 10.2 Å². The van der Waals surface area contributed by atoms with Crippen molar-refractivity contribution < 1.29 is 9.21 Å². The van der Waals surface area contributed by atoms with Gasteiger partial charge in [0.25, 0.3) is 0 Å². The quantitative estimate of drug-likeness (QED) is 0.666. The third kappa shape index (κ3) is 2.36. The van der Waals surface area contributed by atoms with Crippen molar-refractivity contribution in [3.8, 4) is 23.2 Å². The summed E-state index contributed by atoms with van der Waals surface area (Å²) in [4.78, 5) is 11.8. The summed E-state index contributed by atoms with van der Waals surface area (Å²) >= 11 is 3.41. The topological polar surface area (TPSA) is 71.8 Å². The smallest absolute Gasteiger partial charge is 0.181 e. The maximum Gasteiger partial charge on any atom is 0.181 e. The van der Waals surface area contributed by atoms with E-state index in [9.17, 15) is 10.1 Å². The van der Waals surface area contributed by atoms with Gasteiger partial charge in [-0.2, -0.15) is 10.4 Å². The molecule has 108 valence electrons. The molecule has 0 bridgehead atoms. The first-order chi connectivity index (χ1) is 10.6. The number of rotatable bonds is 3. The van der Waals surface area contributed by atoms with E-state index in [0.29, 0.717) is 11.5 Å². The number of furan rings is 1. The van der Waals surface area contributed by atoms with Crippen molar-refractivity contribution in [2.24, 2.45) is 0 Å². The highest BCUT2D eigenvalue weighted by Gasteiger charge is 2.24. The van der Waals surface area contributed by atoms with E-state index < -0.39 is 0 Å². The van der Waals surface area contributed by atoms with E-state index in [1.165, 1.54) is 13.2 Å². The molecule has 3 aromatic rings. The first-order valence-corrected chi connectivity index (χ1v) is 7.25. The minimum Gasteiger partial charge on any atom is -0.463 e. The van der Waals surface area contributed by atoms with E-state index in [1.54, 1.807) is 16.8 Å². The molecule has 0 unspecified atom stereocenters. The predicted octanol–water partition coefficient (Wildman–Crippen LogP) is 3.97. The Balaban J connectivity index is 2.35. The van der Waals surface area contributed by atoms with Gasteiger partial charge in [0.1, 0.15) is 23.0 Å². The normalized spacial score (nSPS) is 10.4. The van der Waals surface area contributed by atoms with Crippen molar-refractivity contribution in [1.29, 1.82) is 5.26 Å². The van der Waals surface area contributed by atoms with Gasteiger partial charge in [-0.3, -0.25) is 4.79 Å².